The Morgan fingerprint density at radius 2 is 1.83 bits per heavy atom. The molecule has 7 nitrogen and oxygen atoms in total. The third-order valence-electron chi connectivity index (χ3n) is 4.56. The second kappa shape index (κ2) is 9.73. The van der Waals surface area contributed by atoms with Crippen molar-refractivity contribution in [1.82, 2.24) is 20.2 Å². The molecule has 1 aromatic heterocycles. The fourth-order valence-electron chi connectivity index (χ4n) is 3.14. The molecule has 0 atom stereocenters. The van der Waals surface area contributed by atoms with Crippen LogP contribution in [0.1, 0.15) is 29.5 Å². The molecule has 3 aromatic rings. The molecule has 0 saturated heterocycles. The Morgan fingerprint density at radius 1 is 1.07 bits per heavy atom. The van der Waals surface area contributed by atoms with Gasteiger partial charge in [0.2, 0.25) is 5.91 Å². The summed E-state index contributed by atoms with van der Waals surface area (Å²) in [6, 6.07) is 14.8. The Kier molecular flexibility index (Phi) is 6.84. The number of aromatic nitrogens is 2. The van der Waals surface area contributed by atoms with Crippen molar-refractivity contribution >= 4 is 22.8 Å². The summed E-state index contributed by atoms with van der Waals surface area (Å²) in [7, 11) is 0. The van der Waals surface area contributed by atoms with Crippen molar-refractivity contribution in [3.63, 3.8) is 0 Å². The number of nitrogens with one attached hydrogen (secondary N) is 2. The van der Waals surface area contributed by atoms with Crippen molar-refractivity contribution in [3.05, 3.63) is 59.9 Å². The van der Waals surface area contributed by atoms with Gasteiger partial charge in [-0.15, -0.1) is 0 Å². The highest BCUT2D eigenvalue weighted by Crippen LogP contribution is 2.15. The third kappa shape index (κ3) is 5.34. The van der Waals surface area contributed by atoms with Crippen molar-refractivity contribution < 1.29 is 14.3 Å². The molecule has 3 rings (SSSR count). The van der Waals surface area contributed by atoms with Crippen molar-refractivity contribution in [2.45, 2.75) is 26.8 Å². The van der Waals surface area contributed by atoms with Crippen LogP contribution in [0, 0.1) is 6.92 Å². The highest BCUT2D eigenvalue weighted by atomic mass is 16.5. The van der Waals surface area contributed by atoms with E-state index in [0.717, 1.165) is 29.8 Å². The van der Waals surface area contributed by atoms with Crippen LogP contribution >= 0.6 is 0 Å². The summed E-state index contributed by atoms with van der Waals surface area (Å²) in [5.41, 5.74) is 2.56. The molecule has 0 aliphatic heterocycles. The maximum absolute atomic E-state index is 12.1. The Morgan fingerprint density at radius 3 is 2.59 bits per heavy atom. The Bertz CT molecular complexity index is 979. The van der Waals surface area contributed by atoms with Gasteiger partial charge in [0.1, 0.15) is 11.6 Å². The van der Waals surface area contributed by atoms with Gasteiger partial charge in [-0.05, 0) is 56.7 Å². The van der Waals surface area contributed by atoms with Gasteiger partial charge in [0.05, 0.1) is 24.2 Å². The molecule has 0 fully saturated rings. The lowest BCUT2D eigenvalue weighted by molar-refractivity contribution is -0.120. The molecular weight excluding hydrogens is 368 g/mol. The summed E-state index contributed by atoms with van der Waals surface area (Å²) in [6.45, 7) is 5.70. The van der Waals surface area contributed by atoms with E-state index in [-0.39, 0.29) is 18.4 Å². The number of ether oxygens (including phenoxy) is 1. The summed E-state index contributed by atoms with van der Waals surface area (Å²) in [6.07, 6.45) is 0.778. The van der Waals surface area contributed by atoms with Crippen LogP contribution in [0.4, 0.5) is 0 Å². The lowest BCUT2D eigenvalue weighted by Gasteiger charge is -2.09. The molecule has 2 aromatic carbocycles. The summed E-state index contributed by atoms with van der Waals surface area (Å²) in [4.78, 5) is 28.7. The number of amides is 2. The number of imidazole rings is 1. The van der Waals surface area contributed by atoms with Crippen LogP contribution in [0.15, 0.2) is 48.5 Å². The minimum Gasteiger partial charge on any atom is -0.494 e. The topological polar surface area (TPSA) is 85.2 Å². The lowest BCUT2D eigenvalue weighted by atomic mass is 10.2. The van der Waals surface area contributed by atoms with E-state index in [0.29, 0.717) is 24.5 Å². The van der Waals surface area contributed by atoms with E-state index in [1.165, 1.54) is 0 Å². The molecule has 1 heterocycles. The number of fused-ring (bicyclic) bond motifs is 1. The second-order valence-corrected chi connectivity index (χ2v) is 6.64. The first kappa shape index (κ1) is 20.4. The van der Waals surface area contributed by atoms with E-state index in [9.17, 15) is 9.59 Å². The standard InChI is InChI=1S/C22H26N4O3/c1-3-29-18-11-9-17(10-12-18)22(28)24-15-21(27)23-13-6-14-26-16(2)25-19-7-4-5-8-20(19)26/h4-5,7-12H,3,6,13-15H2,1-2H3,(H,23,27)(H,24,28). The zero-order valence-electron chi connectivity index (χ0n) is 16.8. The van der Waals surface area contributed by atoms with E-state index in [4.69, 9.17) is 4.74 Å². The average molecular weight is 394 g/mol. The van der Waals surface area contributed by atoms with Gasteiger partial charge in [0.25, 0.3) is 5.91 Å². The Balaban J connectivity index is 1.39. The van der Waals surface area contributed by atoms with E-state index < -0.39 is 0 Å². The van der Waals surface area contributed by atoms with Crippen LogP contribution in [-0.2, 0) is 11.3 Å². The normalized spacial score (nSPS) is 10.7. The van der Waals surface area contributed by atoms with Gasteiger partial charge in [-0.25, -0.2) is 4.98 Å². The number of aryl methyl sites for hydroxylation is 2. The minimum atomic E-state index is -0.288. The van der Waals surface area contributed by atoms with Crippen LogP contribution in [0.25, 0.3) is 11.0 Å². The summed E-state index contributed by atoms with van der Waals surface area (Å²) in [5.74, 6) is 1.17. The molecule has 0 saturated carbocycles. The molecule has 0 bridgehead atoms. The predicted octanol–water partition coefficient (Wildman–Crippen LogP) is 2.68. The van der Waals surface area contributed by atoms with Crippen LogP contribution in [-0.4, -0.2) is 41.1 Å². The van der Waals surface area contributed by atoms with Gasteiger partial charge >= 0.3 is 0 Å². The van der Waals surface area contributed by atoms with Crippen molar-refractivity contribution in [1.29, 1.82) is 0 Å². The zero-order chi connectivity index (χ0) is 20.6. The smallest absolute Gasteiger partial charge is 0.251 e. The van der Waals surface area contributed by atoms with E-state index in [2.05, 4.69) is 20.2 Å². The van der Waals surface area contributed by atoms with Gasteiger partial charge < -0.3 is 19.9 Å². The average Bonchev–Trinajstić information content (AvgIpc) is 3.05. The summed E-state index contributed by atoms with van der Waals surface area (Å²) >= 11 is 0. The molecule has 0 spiro atoms. The van der Waals surface area contributed by atoms with Gasteiger partial charge in [0, 0.05) is 18.7 Å². The molecule has 0 radical (unpaired) electrons. The fraction of sp³-hybridized carbons (Fsp3) is 0.318. The predicted molar refractivity (Wildman–Crippen MR) is 112 cm³/mol. The largest absolute Gasteiger partial charge is 0.494 e. The lowest BCUT2D eigenvalue weighted by Crippen LogP contribution is -2.37. The molecule has 0 unspecified atom stereocenters. The Labute approximate surface area is 170 Å². The second-order valence-electron chi connectivity index (χ2n) is 6.64. The molecule has 0 aliphatic rings. The number of hydrogen-bond acceptors (Lipinski definition) is 4. The molecule has 152 valence electrons. The quantitative estimate of drug-likeness (QED) is 0.547. The SMILES string of the molecule is CCOc1ccc(C(=O)NCC(=O)NCCCn2c(C)nc3ccccc32)cc1. The van der Waals surface area contributed by atoms with Crippen molar-refractivity contribution in [2.75, 3.05) is 19.7 Å². The zero-order valence-corrected chi connectivity index (χ0v) is 16.8. The first-order chi connectivity index (χ1) is 14.1. The third-order valence-corrected chi connectivity index (χ3v) is 4.56. The monoisotopic (exact) mass is 394 g/mol. The van der Waals surface area contributed by atoms with E-state index in [1.54, 1.807) is 24.3 Å². The van der Waals surface area contributed by atoms with Gasteiger partial charge in [-0.1, -0.05) is 12.1 Å². The molecule has 0 aliphatic carbocycles. The highest BCUT2D eigenvalue weighted by molar-refractivity contribution is 5.96. The number of para-hydroxylation sites is 2. The summed E-state index contributed by atoms with van der Waals surface area (Å²) < 4.78 is 7.50. The van der Waals surface area contributed by atoms with E-state index in [1.807, 2.05) is 38.1 Å². The van der Waals surface area contributed by atoms with Gasteiger partial charge in [-0.3, -0.25) is 9.59 Å². The van der Waals surface area contributed by atoms with Crippen molar-refractivity contribution in [3.8, 4) is 5.75 Å². The van der Waals surface area contributed by atoms with Gasteiger partial charge in [0.15, 0.2) is 0 Å². The van der Waals surface area contributed by atoms with Crippen LogP contribution in [0.2, 0.25) is 0 Å². The fourth-order valence-corrected chi connectivity index (χ4v) is 3.14. The Hall–Kier alpha value is -3.35. The molecule has 7 heteroatoms. The molecular formula is C22H26N4O3. The maximum Gasteiger partial charge on any atom is 0.251 e. The number of hydrogen-bond donors (Lipinski definition) is 2. The highest BCUT2D eigenvalue weighted by Gasteiger charge is 2.09. The maximum atomic E-state index is 12.1. The summed E-state index contributed by atoms with van der Waals surface area (Å²) in [5, 5.41) is 5.47. The first-order valence-corrected chi connectivity index (χ1v) is 9.78. The molecule has 2 amide bonds. The minimum absolute atomic E-state index is 0.0565. The first-order valence-electron chi connectivity index (χ1n) is 9.78. The number of carbonyl (C=O) groups excluding carboxylic acids is 2. The van der Waals surface area contributed by atoms with Crippen molar-refractivity contribution in [2.24, 2.45) is 0 Å². The number of benzene rings is 2. The van der Waals surface area contributed by atoms with E-state index >= 15 is 0 Å². The molecule has 2 N–H and O–H groups in total. The molecule has 29 heavy (non-hydrogen) atoms. The number of carbonyl (C=O) groups is 2. The number of nitrogens with zero attached hydrogens (tertiary/aromatic N) is 2. The van der Waals surface area contributed by atoms with Crippen LogP contribution in [0.5, 0.6) is 5.75 Å². The van der Waals surface area contributed by atoms with Crippen LogP contribution in [0.3, 0.4) is 0 Å². The number of rotatable bonds is 9. The van der Waals surface area contributed by atoms with Crippen LogP contribution < -0.4 is 15.4 Å². The van der Waals surface area contributed by atoms with Gasteiger partial charge in [-0.2, -0.15) is 0 Å².